The Labute approximate surface area is 247 Å². The number of para-hydroxylation sites is 1. The summed E-state index contributed by atoms with van der Waals surface area (Å²) < 4.78 is 39.3. The van der Waals surface area contributed by atoms with Crippen molar-refractivity contribution in [1.82, 2.24) is 9.55 Å². The van der Waals surface area contributed by atoms with Gasteiger partial charge in [0.1, 0.15) is 34.9 Å². The highest BCUT2D eigenvalue weighted by Crippen LogP contribution is 2.35. The minimum Gasteiger partial charge on any atom is -0.422 e. The number of aliphatic hydroxyl groups is 1. The zero-order chi connectivity index (χ0) is 31.5. The lowest BCUT2D eigenvalue weighted by atomic mass is 10.1. The van der Waals surface area contributed by atoms with Gasteiger partial charge in [-0.05, 0) is 42.0 Å². The second-order valence-corrected chi connectivity index (χ2v) is 10.2. The van der Waals surface area contributed by atoms with Crippen LogP contribution >= 0.6 is 8.25 Å². The fourth-order valence-electron chi connectivity index (χ4n) is 4.55. The molecule has 0 radical (unpaired) electrons. The summed E-state index contributed by atoms with van der Waals surface area (Å²) >= 11 is 0. The first-order valence-corrected chi connectivity index (χ1v) is 13.9. The first kappa shape index (κ1) is 30.6. The van der Waals surface area contributed by atoms with E-state index >= 15 is 0 Å². The number of amides is 1. The SMILES string of the molecule is NC(=O)c1ccccc1OC(=O)c1cc2cc(COC[C@H]3O[C@@H](n4ccc(N)nc4=O)[C@H](O)[C@@H]3O[P+](=O)O)ccc2oc1=O. The Morgan fingerprint density at radius 2 is 1.86 bits per heavy atom. The van der Waals surface area contributed by atoms with Crippen molar-refractivity contribution in [2.45, 2.75) is 31.1 Å². The number of nitrogens with two attached hydrogens (primary N) is 2. The Kier molecular flexibility index (Phi) is 8.91. The van der Waals surface area contributed by atoms with Crippen LogP contribution in [0.1, 0.15) is 32.5 Å². The highest BCUT2D eigenvalue weighted by Gasteiger charge is 2.50. The molecule has 1 aliphatic rings. The van der Waals surface area contributed by atoms with Crippen molar-refractivity contribution in [3.63, 3.8) is 0 Å². The molecule has 2 aromatic carbocycles. The van der Waals surface area contributed by atoms with Crippen LogP contribution in [0.3, 0.4) is 0 Å². The number of carbonyl (C=O) groups is 2. The normalized spacial score (nSPS) is 20.0. The minimum atomic E-state index is -3.14. The van der Waals surface area contributed by atoms with Crippen LogP contribution in [0.5, 0.6) is 5.75 Å². The van der Waals surface area contributed by atoms with Crippen LogP contribution in [0.25, 0.3) is 11.0 Å². The third-order valence-electron chi connectivity index (χ3n) is 6.57. The molecule has 0 bridgehead atoms. The molecule has 1 unspecified atom stereocenters. The smallest absolute Gasteiger partial charge is 0.422 e. The van der Waals surface area contributed by atoms with Crippen LogP contribution < -0.4 is 27.5 Å². The van der Waals surface area contributed by atoms with E-state index in [1.54, 1.807) is 12.1 Å². The fourth-order valence-corrected chi connectivity index (χ4v) is 5.02. The van der Waals surface area contributed by atoms with Crippen LogP contribution in [-0.4, -0.2) is 56.3 Å². The van der Waals surface area contributed by atoms with Gasteiger partial charge in [0.15, 0.2) is 12.3 Å². The Morgan fingerprint density at radius 3 is 2.59 bits per heavy atom. The van der Waals surface area contributed by atoms with Gasteiger partial charge in [0.2, 0.25) is 0 Å². The molecule has 5 atom stereocenters. The van der Waals surface area contributed by atoms with Gasteiger partial charge in [-0.2, -0.15) is 4.98 Å². The van der Waals surface area contributed by atoms with Crippen molar-refractivity contribution < 1.29 is 47.3 Å². The molecule has 1 aliphatic heterocycles. The molecule has 44 heavy (non-hydrogen) atoms. The number of benzene rings is 2. The molecule has 17 heteroatoms. The molecule has 16 nitrogen and oxygen atoms in total. The molecule has 2 aromatic heterocycles. The van der Waals surface area contributed by atoms with Crippen molar-refractivity contribution in [3.05, 3.63) is 98.4 Å². The van der Waals surface area contributed by atoms with Gasteiger partial charge in [0.05, 0.1) is 18.8 Å². The van der Waals surface area contributed by atoms with Crippen molar-refractivity contribution in [2.75, 3.05) is 12.3 Å². The molecule has 1 saturated heterocycles. The van der Waals surface area contributed by atoms with Crippen LogP contribution in [0.4, 0.5) is 5.82 Å². The van der Waals surface area contributed by atoms with Gasteiger partial charge < -0.3 is 35.2 Å². The third-order valence-corrected chi connectivity index (χ3v) is 6.99. The highest BCUT2D eigenvalue weighted by molar-refractivity contribution is 7.32. The summed E-state index contributed by atoms with van der Waals surface area (Å²) in [7, 11) is -3.14. The number of rotatable bonds is 10. The number of carbonyl (C=O) groups excluding carboxylic acids is 2. The molecule has 0 saturated carbocycles. The van der Waals surface area contributed by atoms with E-state index in [-0.39, 0.29) is 35.9 Å². The third kappa shape index (κ3) is 6.55. The molecule has 4 aromatic rings. The van der Waals surface area contributed by atoms with Crippen LogP contribution in [0.2, 0.25) is 0 Å². The monoisotopic (exact) mass is 627 g/mol. The van der Waals surface area contributed by atoms with Crippen LogP contribution in [0.15, 0.2) is 74.8 Å². The molecule has 0 spiro atoms. The predicted octanol–water partition coefficient (Wildman–Crippen LogP) is 0.760. The van der Waals surface area contributed by atoms with Gasteiger partial charge in [-0.1, -0.05) is 18.2 Å². The lowest BCUT2D eigenvalue weighted by Gasteiger charge is -2.16. The summed E-state index contributed by atoms with van der Waals surface area (Å²) in [5, 5.41) is 11.1. The van der Waals surface area contributed by atoms with Crippen molar-refractivity contribution in [1.29, 1.82) is 0 Å². The van der Waals surface area contributed by atoms with Crippen molar-refractivity contribution in [3.8, 4) is 5.75 Å². The Hall–Kier alpha value is -4.83. The number of aromatic nitrogens is 2. The summed E-state index contributed by atoms with van der Waals surface area (Å²) in [4.78, 5) is 62.1. The highest BCUT2D eigenvalue weighted by atomic mass is 31.1. The summed E-state index contributed by atoms with van der Waals surface area (Å²) in [5.74, 6) is -2.06. The maximum Gasteiger partial charge on any atom is 0.695 e. The van der Waals surface area contributed by atoms with E-state index in [9.17, 15) is 33.7 Å². The van der Waals surface area contributed by atoms with E-state index in [0.717, 1.165) is 4.57 Å². The zero-order valence-corrected chi connectivity index (χ0v) is 23.4. The molecule has 0 aliphatic carbocycles. The van der Waals surface area contributed by atoms with Crippen LogP contribution in [-0.2, 0) is 25.2 Å². The van der Waals surface area contributed by atoms with E-state index in [2.05, 4.69) is 4.98 Å². The first-order valence-electron chi connectivity index (χ1n) is 12.8. The topological polar surface area (TPSA) is 246 Å². The number of anilines is 1. The number of fused-ring (bicyclic) bond motifs is 1. The van der Waals surface area contributed by atoms with Gasteiger partial charge in [-0.3, -0.25) is 9.36 Å². The summed E-state index contributed by atoms with van der Waals surface area (Å²) in [6, 6.07) is 13.0. The molecule has 3 heterocycles. The van der Waals surface area contributed by atoms with Crippen molar-refractivity contribution >= 4 is 36.9 Å². The molecule has 1 amide bonds. The zero-order valence-electron chi connectivity index (χ0n) is 22.5. The van der Waals surface area contributed by atoms with E-state index < -0.39 is 61.5 Å². The van der Waals surface area contributed by atoms with E-state index in [1.807, 2.05) is 0 Å². The summed E-state index contributed by atoms with van der Waals surface area (Å²) in [6.07, 6.45) is -3.99. The molecule has 1 fully saturated rings. The number of nitrogen functional groups attached to an aromatic ring is 1. The number of primary amides is 1. The molecule has 6 N–H and O–H groups in total. The predicted molar refractivity (Wildman–Crippen MR) is 150 cm³/mol. The number of aliphatic hydroxyl groups excluding tert-OH is 1. The van der Waals surface area contributed by atoms with Crippen LogP contribution in [0, 0.1) is 0 Å². The molecule has 228 valence electrons. The maximum atomic E-state index is 12.8. The minimum absolute atomic E-state index is 0.0445. The average Bonchev–Trinajstić information content (AvgIpc) is 3.26. The quantitative estimate of drug-likeness (QED) is 0.0821. The van der Waals surface area contributed by atoms with Gasteiger partial charge in [0.25, 0.3) is 5.91 Å². The molecular weight excluding hydrogens is 603 g/mol. The van der Waals surface area contributed by atoms with Crippen molar-refractivity contribution in [2.24, 2.45) is 5.73 Å². The maximum absolute atomic E-state index is 12.8. The van der Waals surface area contributed by atoms with E-state index in [0.29, 0.717) is 10.9 Å². The van der Waals surface area contributed by atoms with Gasteiger partial charge in [-0.25, -0.2) is 14.4 Å². The number of hydrogen-bond acceptors (Lipinski definition) is 13. The molecular formula is C27H24N4O12P+. The number of ether oxygens (including phenoxy) is 3. The number of hydrogen-bond donors (Lipinski definition) is 4. The summed E-state index contributed by atoms with van der Waals surface area (Å²) in [6.45, 7) is -0.292. The largest absolute Gasteiger partial charge is 0.695 e. The second-order valence-electron chi connectivity index (χ2n) is 9.49. The lowest BCUT2D eigenvalue weighted by molar-refractivity contribution is -0.0697. The van der Waals surface area contributed by atoms with Gasteiger partial charge in [0, 0.05) is 16.1 Å². The number of esters is 1. The molecule has 5 rings (SSSR count). The lowest BCUT2D eigenvalue weighted by Crippen LogP contribution is -2.37. The number of nitrogens with zero attached hydrogens (tertiary/aromatic N) is 2. The second kappa shape index (κ2) is 12.8. The van der Waals surface area contributed by atoms with Gasteiger partial charge >= 0.3 is 25.5 Å². The first-order chi connectivity index (χ1) is 21.0. The average molecular weight is 627 g/mol. The Bertz CT molecular complexity index is 1880. The van der Waals surface area contributed by atoms with E-state index in [1.165, 1.54) is 48.7 Å². The Morgan fingerprint density at radius 1 is 1.09 bits per heavy atom. The van der Waals surface area contributed by atoms with E-state index in [4.69, 9.17) is 34.6 Å². The fraction of sp³-hybridized carbons (Fsp3) is 0.222. The summed E-state index contributed by atoms with van der Waals surface area (Å²) in [5.41, 5.74) is 9.30. The van der Waals surface area contributed by atoms with Gasteiger partial charge in [-0.15, -0.1) is 9.42 Å². The Balaban J connectivity index is 1.30. The standard InChI is InChI=1S/C27H23N4O12P/c28-20-7-8-31(27(36)30-20)24-21(32)22(43-44(37)38)19(40-24)12-39-11-13-5-6-17-14(9-13)10-16(25(34)41-17)26(35)42-18-4-2-1-3-15(18)23(29)33/h1-10,19,21-22,24,32H,11-12H2,(H4-,28,29,30,33,36,37,38)/p+1/t19-,21-,22-,24-/m1/s1.